The summed E-state index contributed by atoms with van der Waals surface area (Å²) < 4.78 is 1.72. The molecule has 2 atom stereocenters. The zero-order chi connectivity index (χ0) is 18.5. The van der Waals surface area contributed by atoms with Crippen molar-refractivity contribution in [3.63, 3.8) is 0 Å². The largest absolute Gasteiger partial charge is 0.297 e. The number of carbonyl (C=O) groups excluding carboxylic acids is 1. The zero-order valence-corrected chi connectivity index (χ0v) is 14.4. The Balaban J connectivity index is 1.93. The predicted octanol–water partition coefficient (Wildman–Crippen LogP) is 3.75. The quantitative estimate of drug-likeness (QED) is 0.370. The third-order valence-electron chi connectivity index (χ3n) is 4.49. The molecule has 0 saturated heterocycles. The van der Waals surface area contributed by atoms with Crippen molar-refractivity contribution in [2.24, 2.45) is 5.92 Å². The lowest BCUT2D eigenvalue weighted by atomic mass is 9.84. The fourth-order valence-corrected chi connectivity index (χ4v) is 3.08. The molecule has 0 unspecified atom stereocenters. The molecule has 3 aromatic rings. The van der Waals surface area contributed by atoms with Crippen molar-refractivity contribution < 1.29 is 9.72 Å². The van der Waals surface area contributed by atoms with E-state index in [-0.39, 0.29) is 23.1 Å². The lowest BCUT2D eigenvalue weighted by molar-refractivity contribution is -0.484. The van der Waals surface area contributed by atoms with Crippen LogP contribution in [0.3, 0.4) is 0 Å². The van der Waals surface area contributed by atoms with Crippen LogP contribution in [0.25, 0.3) is 5.69 Å². The first-order valence-corrected chi connectivity index (χ1v) is 8.37. The van der Waals surface area contributed by atoms with Gasteiger partial charge in [-0.3, -0.25) is 19.5 Å². The number of hydrogen-bond acceptors (Lipinski definition) is 4. The van der Waals surface area contributed by atoms with Crippen LogP contribution in [0.5, 0.6) is 0 Å². The molecule has 26 heavy (non-hydrogen) atoms. The minimum absolute atomic E-state index is 0.213. The van der Waals surface area contributed by atoms with Crippen LogP contribution in [-0.4, -0.2) is 26.8 Å². The van der Waals surface area contributed by atoms with Crippen LogP contribution in [0.1, 0.15) is 29.0 Å². The molecule has 0 aliphatic heterocycles. The number of carbonyl (C=O) groups is 1. The van der Waals surface area contributed by atoms with Crippen LogP contribution in [0.4, 0.5) is 0 Å². The molecule has 0 bridgehead atoms. The molecule has 6 heteroatoms. The highest BCUT2D eigenvalue weighted by Gasteiger charge is 2.32. The van der Waals surface area contributed by atoms with Gasteiger partial charge in [0, 0.05) is 28.9 Å². The maximum atomic E-state index is 13.1. The molecule has 0 aliphatic carbocycles. The van der Waals surface area contributed by atoms with Crippen molar-refractivity contribution in [1.82, 2.24) is 9.55 Å². The van der Waals surface area contributed by atoms with Gasteiger partial charge in [-0.2, -0.15) is 0 Å². The van der Waals surface area contributed by atoms with Gasteiger partial charge >= 0.3 is 0 Å². The Kier molecular flexibility index (Phi) is 5.22. The monoisotopic (exact) mass is 349 g/mol. The first-order valence-electron chi connectivity index (χ1n) is 8.37. The van der Waals surface area contributed by atoms with Crippen LogP contribution in [0.15, 0.2) is 73.1 Å². The first kappa shape index (κ1) is 17.5. The summed E-state index contributed by atoms with van der Waals surface area (Å²) in [6.07, 6.45) is 3.29. The van der Waals surface area contributed by atoms with Gasteiger partial charge in [0.2, 0.25) is 12.3 Å². The van der Waals surface area contributed by atoms with Gasteiger partial charge in [-0.1, -0.05) is 55.5 Å². The Hall–Kier alpha value is -3.28. The van der Waals surface area contributed by atoms with E-state index in [4.69, 9.17) is 0 Å². The molecule has 1 aromatic heterocycles. The number of nitrogens with zero attached hydrogens (tertiary/aromatic N) is 3. The molecule has 0 saturated carbocycles. The average Bonchev–Trinajstić information content (AvgIpc) is 3.16. The molecule has 0 radical (unpaired) electrons. The van der Waals surface area contributed by atoms with Crippen LogP contribution >= 0.6 is 0 Å². The van der Waals surface area contributed by atoms with Crippen LogP contribution < -0.4 is 0 Å². The maximum absolute atomic E-state index is 13.1. The molecule has 3 rings (SSSR count). The van der Waals surface area contributed by atoms with E-state index in [1.54, 1.807) is 23.9 Å². The average molecular weight is 349 g/mol. The molecule has 0 amide bonds. The van der Waals surface area contributed by atoms with Crippen molar-refractivity contribution in [2.45, 2.75) is 12.8 Å². The van der Waals surface area contributed by atoms with E-state index in [1.165, 1.54) is 0 Å². The maximum Gasteiger partial charge on any atom is 0.211 e. The van der Waals surface area contributed by atoms with Gasteiger partial charge in [0.1, 0.15) is 0 Å². The Morgan fingerprint density at radius 3 is 2.35 bits per heavy atom. The first-order chi connectivity index (χ1) is 12.6. The Morgan fingerprint density at radius 1 is 1.12 bits per heavy atom. The van der Waals surface area contributed by atoms with E-state index in [1.807, 2.05) is 60.7 Å². The number of para-hydroxylation sites is 1. The summed E-state index contributed by atoms with van der Waals surface area (Å²) in [5.41, 5.74) is 1.61. The minimum Gasteiger partial charge on any atom is -0.297 e. The van der Waals surface area contributed by atoms with E-state index in [9.17, 15) is 14.9 Å². The number of imidazole rings is 1. The summed E-state index contributed by atoms with van der Waals surface area (Å²) in [4.78, 5) is 28.1. The second kappa shape index (κ2) is 7.74. The van der Waals surface area contributed by atoms with Crippen molar-refractivity contribution in [2.75, 3.05) is 6.54 Å². The van der Waals surface area contributed by atoms with Crippen LogP contribution in [0.2, 0.25) is 0 Å². The number of Topliss-reactive ketones (excluding diaryl/α,β-unsaturated/α-hetero) is 1. The van der Waals surface area contributed by atoms with Gasteiger partial charge in [0.15, 0.2) is 5.82 Å². The standard InChI is InChI=1S/C20H19N3O3/c1-15(18(14-23(25)26)16-8-4-2-5-9-16)19(24)20-21-12-13-22(20)17-10-6-3-7-11-17/h2-13,15,18H,14H2,1H3/t15-,18-/m0/s1. The predicted molar refractivity (Wildman–Crippen MR) is 98.1 cm³/mol. The number of benzene rings is 2. The van der Waals surface area contributed by atoms with Crippen LogP contribution in [-0.2, 0) is 0 Å². The van der Waals surface area contributed by atoms with Crippen molar-refractivity contribution >= 4 is 5.78 Å². The molecule has 0 aliphatic rings. The Labute approximate surface area is 151 Å². The van der Waals surface area contributed by atoms with Crippen LogP contribution in [0, 0.1) is 16.0 Å². The normalized spacial score (nSPS) is 13.1. The molecule has 0 fully saturated rings. The number of ketones is 1. The fraction of sp³-hybridized carbons (Fsp3) is 0.200. The highest BCUT2D eigenvalue weighted by atomic mass is 16.6. The summed E-state index contributed by atoms with van der Waals surface area (Å²) in [7, 11) is 0. The summed E-state index contributed by atoms with van der Waals surface area (Å²) in [5, 5.41) is 11.2. The summed E-state index contributed by atoms with van der Waals surface area (Å²) in [6, 6.07) is 18.6. The van der Waals surface area contributed by atoms with Crippen molar-refractivity contribution in [3.8, 4) is 5.69 Å². The molecule has 2 aromatic carbocycles. The summed E-state index contributed by atoms with van der Waals surface area (Å²) >= 11 is 0. The van der Waals surface area contributed by atoms with E-state index in [0.717, 1.165) is 11.3 Å². The number of hydrogen-bond donors (Lipinski definition) is 0. The lowest BCUT2D eigenvalue weighted by Gasteiger charge is -2.20. The van der Waals surface area contributed by atoms with Crippen molar-refractivity contribution in [1.29, 1.82) is 0 Å². The summed E-state index contributed by atoms with van der Waals surface area (Å²) in [5.74, 6) is -1.02. The third-order valence-corrected chi connectivity index (χ3v) is 4.49. The number of rotatable bonds is 7. The molecule has 0 spiro atoms. The zero-order valence-electron chi connectivity index (χ0n) is 14.4. The number of nitro groups is 1. The minimum atomic E-state index is -0.576. The molecular weight excluding hydrogens is 330 g/mol. The Bertz CT molecular complexity index is 891. The smallest absolute Gasteiger partial charge is 0.211 e. The Morgan fingerprint density at radius 2 is 1.73 bits per heavy atom. The number of aromatic nitrogens is 2. The van der Waals surface area contributed by atoms with E-state index in [0.29, 0.717) is 0 Å². The molecule has 0 N–H and O–H groups in total. The lowest BCUT2D eigenvalue weighted by Crippen LogP contribution is -2.27. The topological polar surface area (TPSA) is 78.0 Å². The third kappa shape index (κ3) is 3.69. The highest BCUT2D eigenvalue weighted by Crippen LogP contribution is 2.28. The molecular formula is C20H19N3O3. The highest BCUT2D eigenvalue weighted by molar-refractivity contribution is 5.95. The van der Waals surface area contributed by atoms with Gasteiger partial charge in [0.25, 0.3) is 0 Å². The molecule has 132 valence electrons. The SMILES string of the molecule is C[C@H](C(=O)c1nccn1-c1ccccc1)[C@H](C[N+](=O)[O-])c1ccccc1. The van der Waals surface area contributed by atoms with E-state index in [2.05, 4.69) is 4.98 Å². The van der Waals surface area contributed by atoms with Gasteiger partial charge in [-0.15, -0.1) is 0 Å². The molecule has 6 nitrogen and oxygen atoms in total. The van der Waals surface area contributed by atoms with Gasteiger partial charge < -0.3 is 0 Å². The second-order valence-corrected chi connectivity index (χ2v) is 6.14. The van der Waals surface area contributed by atoms with Crippen molar-refractivity contribution in [3.05, 3.63) is 94.6 Å². The van der Waals surface area contributed by atoms with Gasteiger partial charge in [-0.25, -0.2) is 4.98 Å². The van der Waals surface area contributed by atoms with E-state index >= 15 is 0 Å². The van der Waals surface area contributed by atoms with Gasteiger partial charge in [-0.05, 0) is 17.7 Å². The van der Waals surface area contributed by atoms with Gasteiger partial charge in [0.05, 0.1) is 5.92 Å². The second-order valence-electron chi connectivity index (χ2n) is 6.14. The fourth-order valence-electron chi connectivity index (χ4n) is 3.08. The summed E-state index contributed by atoms with van der Waals surface area (Å²) in [6.45, 7) is 1.43. The molecule has 1 heterocycles. The van der Waals surface area contributed by atoms with E-state index < -0.39 is 11.8 Å².